The first-order valence-electron chi connectivity index (χ1n) is 19.8. The number of furan rings is 1. The maximum Gasteiger partial charge on any atom is 0.143 e. The number of rotatable bonds is 7. The van der Waals surface area contributed by atoms with Crippen molar-refractivity contribution in [3.05, 3.63) is 224 Å². The lowest BCUT2D eigenvalue weighted by Crippen LogP contribution is -2.11. The summed E-state index contributed by atoms with van der Waals surface area (Å²) in [6.45, 7) is 0. The Labute approximate surface area is 337 Å². The second-order valence-corrected chi connectivity index (χ2v) is 14.9. The summed E-state index contributed by atoms with van der Waals surface area (Å²) in [5.41, 5.74) is 14.4. The Morgan fingerprint density at radius 1 is 0.310 bits per heavy atom. The molecule has 0 aliphatic carbocycles. The number of nitrogens with zero attached hydrogens (tertiary/aromatic N) is 1. The van der Waals surface area contributed by atoms with E-state index >= 15 is 0 Å². The van der Waals surface area contributed by atoms with Crippen molar-refractivity contribution in [1.29, 1.82) is 0 Å². The highest BCUT2D eigenvalue weighted by atomic mass is 16.3. The topological polar surface area (TPSA) is 16.4 Å². The van der Waals surface area contributed by atoms with E-state index in [4.69, 9.17) is 4.42 Å². The number of anilines is 3. The number of hydrogen-bond donors (Lipinski definition) is 0. The smallest absolute Gasteiger partial charge is 0.143 e. The summed E-state index contributed by atoms with van der Waals surface area (Å²) in [5, 5.41) is 7.04. The minimum atomic E-state index is 0.882. The highest BCUT2D eigenvalue weighted by Gasteiger charge is 2.21. The number of benzene rings is 10. The summed E-state index contributed by atoms with van der Waals surface area (Å²) < 4.78 is 6.65. The van der Waals surface area contributed by atoms with E-state index in [9.17, 15) is 0 Å². The summed E-state index contributed by atoms with van der Waals surface area (Å²) >= 11 is 0. The SMILES string of the molecule is c1ccc(-c2cccc(N(c3ccc(-c4ccc(-c5ccc6ccccc6c5)cc4)cc3)c3ccccc3-c3cccc4oc5c6ccccc6ccc5c34)c2)cc1. The van der Waals surface area contributed by atoms with Gasteiger partial charge in [-0.15, -0.1) is 0 Å². The molecule has 11 rings (SSSR count). The van der Waals surface area contributed by atoms with E-state index in [-0.39, 0.29) is 0 Å². The molecule has 0 fully saturated rings. The van der Waals surface area contributed by atoms with Gasteiger partial charge in [-0.05, 0) is 104 Å². The highest BCUT2D eigenvalue weighted by Crippen LogP contribution is 2.46. The Hall–Kier alpha value is -7.68. The van der Waals surface area contributed by atoms with Crippen LogP contribution in [0.5, 0.6) is 0 Å². The number of para-hydroxylation sites is 1. The van der Waals surface area contributed by atoms with Gasteiger partial charge in [0.2, 0.25) is 0 Å². The van der Waals surface area contributed by atoms with Gasteiger partial charge < -0.3 is 9.32 Å². The van der Waals surface area contributed by atoms with Crippen molar-refractivity contribution in [2.24, 2.45) is 0 Å². The average Bonchev–Trinajstić information content (AvgIpc) is 3.70. The quantitative estimate of drug-likeness (QED) is 0.162. The van der Waals surface area contributed by atoms with Gasteiger partial charge in [-0.2, -0.15) is 0 Å². The van der Waals surface area contributed by atoms with Crippen molar-refractivity contribution in [3.63, 3.8) is 0 Å². The van der Waals surface area contributed by atoms with Crippen molar-refractivity contribution in [1.82, 2.24) is 0 Å². The zero-order chi connectivity index (χ0) is 38.4. The average molecular weight is 740 g/mol. The lowest BCUT2D eigenvalue weighted by atomic mass is 9.95. The van der Waals surface area contributed by atoms with Gasteiger partial charge >= 0.3 is 0 Å². The second kappa shape index (κ2) is 14.1. The van der Waals surface area contributed by atoms with Crippen molar-refractivity contribution < 1.29 is 4.42 Å². The minimum Gasteiger partial charge on any atom is -0.455 e. The molecule has 0 saturated heterocycles. The first-order chi connectivity index (χ1) is 28.7. The van der Waals surface area contributed by atoms with Crippen LogP contribution in [0.2, 0.25) is 0 Å². The molecule has 0 amide bonds. The van der Waals surface area contributed by atoms with Gasteiger partial charge in [-0.1, -0.05) is 176 Å². The van der Waals surface area contributed by atoms with E-state index in [0.29, 0.717) is 0 Å². The van der Waals surface area contributed by atoms with Gasteiger partial charge in [0, 0.05) is 33.1 Å². The van der Waals surface area contributed by atoms with E-state index < -0.39 is 0 Å². The third kappa shape index (κ3) is 5.91. The third-order valence-electron chi connectivity index (χ3n) is 11.5. The molecule has 0 aliphatic rings. The molecule has 0 radical (unpaired) electrons. The van der Waals surface area contributed by atoms with Crippen LogP contribution in [0.15, 0.2) is 229 Å². The molecule has 2 heteroatoms. The summed E-state index contributed by atoms with van der Waals surface area (Å²) in [6, 6.07) is 80.6. The van der Waals surface area contributed by atoms with Crippen LogP contribution in [0.25, 0.3) is 88.0 Å². The van der Waals surface area contributed by atoms with Crippen molar-refractivity contribution in [2.75, 3.05) is 4.90 Å². The standard InChI is InChI=1S/C56H37NO/c1-2-12-38(13-3-1)45-17-10-18-48(37-45)57(47-33-30-41(31-34-47)40-24-26-42(27-25-40)46-29-28-39-14-4-5-16-44(39)36-46)53-22-9-8-20-50(53)51-21-11-23-54-55(51)52-35-32-43-15-6-7-19-49(43)56(52)58-54/h1-37H. The third-order valence-corrected chi connectivity index (χ3v) is 11.5. The van der Waals surface area contributed by atoms with Gasteiger partial charge in [-0.3, -0.25) is 0 Å². The Morgan fingerprint density at radius 2 is 0.879 bits per heavy atom. The van der Waals surface area contributed by atoms with Crippen molar-refractivity contribution in [3.8, 4) is 44.5 Å². The predicted octanol–water partition coefficient (Wildman–Crippen LogP) is 16.0. The summed E-state index contributed by atoms with van der Waals surface area (Å²) in [5.74, 6) is 0. The predicted molar refractivity (Wildman–Crippen MR) is 245 cm³/mol. The fourth-order valence-electron chi connectivity index (χ4n) is 8.58. The van der Waals surface area contributed by atoms with E-state index in [1.54, 1.807) is 0 Å². The van der Waals surface area contributed by atoms with Gasteiger partial charge in [0.25, 0.3) is 0 Å². The van der Waals surface area contributed by atoms with E-state index in [0.717, 1.165) is 55.5 Å². The summed E-state index contributed by atoms with van der Waals surface area (Å²) in [7, 11) is 0. The zero-order valence-corrected chi connectivity index (χ0v) is 31.7. The van der Waals surface area contributed by atoms with E-state index in [2.05, 4.69) is 229 Å². The fourth-order valence-corrected chi connectivity index (χ4v) is 8.58. The van der Waals surface area contributed by atoms with Crippen LogP contribution in [0.1, 0.15) is 0 Å². The van der Waals surface area contributed by atoms with E-state index in [1.807, 2.05) is 0 Å². The second-order valence-electron chi connectivity index (χ2n) is 14.9. The van der Waals surface area contributed by atoms with Gasteiger partial charge in [0.1, 0.15) is 11.2 Å². The first-order valence-corrected chi connectivity index (χ1v) is 19.8. The lowest BCUT2D eigenvalue weighted by molar-refractivity contribution is 0.673. The zero-order valence-electron chi connectivity index (χ0n) is 31.7. The summed E-state index contributed by atoms with van der Waals surface area (Å²) in [4.78, 5) is 2.39. The maximum atomic E-state index is 6.65. The Balaban J connectivity index is 1.03. The number of fused-ring (bicyclic) bond motifs is 6. The monoisotopic (exact) mass is 739 g/mol. The minimum absolute atomic E-state index is 0.882. The molecule has 0 spiro atoms. The Morgan fingerprint density at radius 3 is 1.71 bits per heavy atom. The van der Waals surface area contributed by atoms with Gasteiger partial charge in [-0.25, -0.2) is 0 Å². The van der Waals surface area contributed by atoms with Crippen LogP contribution >= 0.6 is 0 Å². The molecule has 1 heterocycles. The van der Waals surface area contributed by atoms with Crippen LogP contribution < -0.4 is 4.90 Å². The summed E-state index contributed by atoms with van der Waals surface area (Å²) in [6.07, 6.45) is 0. The molecular weight excluding hydrogens is 703 g/mol. The molecule has 2 nitrogen and oxygen atoms in total. The first kappa shape index (κ1) is 33.6. The molecule has 272 valence electrons. The molecule has 0 saturated carbocycles. The van der Waals surface area contributed by atoms with E-state index in [1.165, 1.54) is 49.5 Å². The van der Waals surface area contributed by atoms with Crippen LogP contribution in [0.4, 0.5) is 17.1 Å². The molecular formula is C56H37NO. The molecule has 10 aromatic carbocycles. The van der Waals surface area contributed by atoms with Crippen molar-refractivity contribution >= 4 is 60.5 Å². The lowest BCUT2D eigenvalue weighted by Gasteiger charge is -2.28. The van der Waals surface area contributed by atoms with Gasteiger partial charge in [0.15, 0.2) is 0 Å². The molecule has 0 aliphatic heterocycles. The molecule has 0 N–H and O–H groups in total. The highest BCUT2D eigenvalue weighted by molar-refractivity contribution is 6.19. The fraction of sp³-hybridized carbons (Fsp3) is 0. The van der Waals surface area contributed by atoms with Crippen LogP contribution in [0, 0.1) is 0 Å². The number of hydrogen-bond acceptors (Lipinski definition) is 2. The molecule has 0 bridgehead atoms. The van der Waals surface area contributed by atoms with Crippen molar-refractivity contribution in [2.45, 2.75) is 0 Å². The van der Waals surface area contributed by atoms with Crippen LogP contribution in [-0.2, 0) is 0 Å². The van der Waals surface area contributed by atoms with Crippen LogP contribution in [0.3, 0.4) is 0 Å². The molecule has 11 aromatic rings. The molecule has 58 heavy (non-hydrogen) atoms. The molecule has 1 aromatic heterocycles. The molecule has 0 unspecified atom stereocenters. The Bertz CT molecular complexity index is 3270. The largest absolute Gasteiger partial charge is 0.455 e. The van der Waals surface area contributed by atoms with Gasteiger partial charge in [0.05, 0.1) is 5.69 Å². The normalized spacial score (nSPS) is 11.4. The Kier molecular flexibility index (Phi) is 8.19. The maximum absolute atomic E-state index is 6.65. The molecule has 0 atom stereocenters. The van der Waals surface area contributed by atoms with Crippen LogP contribution in [-0.4, -0.2) is 0 Å².